The van der Waals surface area contributed by atoms with Gasteiger partial charge in [-0.3, -0.25) is 5.32 Å². The molecule has 15 heavy (non-hydrogen) atoms. The van der Waals surface area contributed by atoms with Gasteiger partial charge in [0.05, 0.1) is 6.61 Å². The second-order valence-electron chi connectivity index (χ2n) is 4.18. The second-order valence-corrected chi connectivity index (χ2v) is 4.18. The van der Waals surface area contributed by atoms with E-state index in [0.717, 1.165) is 12.1 Å². The molecule has 1 aliphatic heterocycles. The third-order valence-corrected chi connectivity index (χ3v) is 2.94. The number of phenolic OH excluding ortho intramolecular Hbond substituents is 1. The summed E-state index contributed by atoms with van der Waals surface area (Å²) in [5, 5.41) is 13.2. The highest BCUT2D eigenvalue weighted by atomic mass is 16.5. The highest BCUT2D eigenvalue weighted by Gasteiger charge is 2.41. The number of para-hydroxylation sites is 1. The standard InChI is InChI=1S/C12H17NO2/c1-9(2)12(13-7-8-15-12)10-5-3-4-6-11(10)14/h3-6,9,13-14H,7-8H2,1-2H3. The van der Waals surface area contributed by atoms with Crippen molar-refractivity contribution in [3.8, 4) is 5.75 Å². The van der Waals surface area contributed by atoms with E-state index in [2.05, 4.69) is 19.2 Å². The highest BCUT2D eigenvalue weighted by molar-refractivity contribution is 5.37. The molecule has 0 bridgehead atoms. The van der Waals surface area contributed by atoms with Crippen molar-refractivity contribution in [2.75, 3.05) is 13.2 Å². The molecule has 0 aromatic heterocycles. The van der Waals surface area contributed by atoms with Crippen molar-refractivity contribution in [1.29, 1.82) is 0 Å². The molecule has 2 rings (SSSR count). The molecule has 1 heterocycles. The first-order valence-corrected chi connectivity index (χ1v) is 5.34. The van der Waals surface area contributed by atoms with Crippen LogP contribution in [-0.2, 0) is 10.5 Å². The molecule has 0 radical (unpaired) electrons. The van der Waals surface area contributed by atoms with Gasteiger partial charge in [0.1, 0.15) is 5.75 Å². The Morgan fingerprint density at radius 2 is 2.13 bits per heavy atom. The smallest absolute Gasteiger partial charge is 0.151 e. The fourth-order valence-electron chi connectivity index (χ4n) is 2.14. The largest absolute Gasteiger partial charge is 0.508 e. The van der Waals surface area contributed by atoms with Gasteiger partial charge in [0, 0.05) is 18.0 Å². The van der Waals surface area contributed by atoms with Crippen LogP contribution < -0.4 is 5.32 Å². The highest BCUT2D eigenvalue weighted by Crippen LogP contribution is 2.38. The van der Waals surface area contributed by atoms with E-state index in [9.17, 15) is 5.11 Å². The third kappa shape index (κ3) is 1.62. The summed E-state index contributed by atoms with van der Waals surface area (Å²) < 4.78 is 5.80. The Hall–Kier alpha value is -1.06. The lowest BCUT2D eigenvalue weighted by Crippen LogP contribution is -2.43. The lowest BCUT2D eigenvalue weighted by atomic mass is 9.91. The van der Waals surface area contributed by atoms with E-state index in [-0.39, 0.29) is 5.92 Å². The van der Waals surface area contributed by atoms with Crippen LogP contribution in [0.2, 0.25) is 0 Å². The van der Waals surface area contributed by atoms with Crippen molar-refractivity contribution >= 4 is 0 Å². The van der Waals surface area contributed by atoms with Gasteiger partial charge in [0.2, 0.25) is 0 Å². The van der Waals surface area contributed by atoms with E-state index >= 15 is 0 Å². The maximum absolute atomic E-state index is 9.87. The number of phenols is 1. The van der Waals surface area contributed by atoms with Gasteiger partial charge in [0.15, 0.2) is 5.72 Å². The Morgan fingerprint density at radius 1 is 1.40 bits per heavy atom. The maximum atomic E-state index is 9.87. The summed E-state index contributed by atoms with van der Waals surface area (Å²) >= 11 is 0. The van der Waals surface area contributed by atoms with E-state index < -0.39 is 5.72 Å². The number of ether oxygens (including phenoxy) is 1. The van der Waals surface area contributed by atoms with Crippen LogP contribution in [0.25, 0.3) is 0 Å². The summed E-state index contributed by atoms with van der Waals surface area (Å²) in [7, 11) is 0. The van der Waals surface area contributed by atoms with Crippen LogP contribution in [0.15, 0.2) is 24.3 Å². The van der Waals surface area contributed by atoms with Crippen LogP contribution in [0.3, 0.4) is 0 Å². The monoisotopic (exact) mass is 207 g/mol. The Morgan fingerprint density at radius 3 is 2.67 bits per heavy atom. The number of aromatic hydroxyl groups is 1. The number of nitrogens with one attached hydrogen (secondary N) is 1. The number of hydrogen-bond donors (Lipinski definition) is 2. The van der Waals surface area contributed by atoms with E-state index in [1.165, 1.54) is 0 Å². The van der Waals surface area contributed by atoms with Gasteiger partial charge in [0.25, 0.3) is 0 Å². The van der Waals surface area contributed by atoms with Crippen LogP contribution >= 0.6 is 0 Å². The molecule has 1 atom stereocenters. The van der Waals surface area contributed by atoms with Crippen LogP contribution in [0.4, 0.5) is 0 Å². The SMILES string of the molecule is CC(C)C1(c2ccccc2O)NCCO1. The first kappa shape index (κ1) is 10.5. The maximum Gasteiger partial charge on any atom is 0.151 e. The molecule has 0 aliphatic carbocycles. The zero-order valence-electron chi connectivity index (χ0n) is 9.16. The molecule has 0 saturated carbocycles. The Kier molecular flexibility index (Phi) is 2.67. The van der Waals surface area contributed by atoms with Crippen molar-refractivity contribution < 1.29 is 9.84 Å². The van der Waals surface area contributed by atoms with Crippen molar-refractivity contribution in [3.63, 3.8) is 0 Å². The number of benzene rings is 1. The van der Waals surface area contributed by atoms with E-state index in [4.69, 9.17) is 4.74 Å². The van der Waals surface area contributed by atoms with E-state index in [1.54, 1.807) is 6.07 Å². The molecule has 3 nitrogen and oxygen atoms in total. The van der Waals surface area contributed by atoms with Crippen molar-refractivity contribution in [3.05, 3.63) is 29.8 Å². The van der Waals surface area contributed by atoms with Crippen molar-refractivity contribution in [2.24, 2.45) is 5.92 Å². The third-order valence-electron chi connectivity index (χ3n) is 2.94. The molecule has 1 aliphatic rings. The quantitative estimate of drug-likeness (QED) is 0.777. The van der Waals surface area contributed by atoms with Gasteiger partial charge < -0.3 is 9.84 Å². The van der Waals surface area contributed by atoms with Gasteiger partial charge >= 0.3 is 0 Å². The molecule has 3 heteroatoms. The minimum Gasteiger partial charge on any atom is -0.508 e. The topological polar surface area (TPSA) is 41.5 Å². The molecule has 1 aromatic rings. The zero-order chi connectivity index (χ0) is 10.9. The minimum absolute atomic E-state index is 0.272. The van der Waals surface area contributed by atoms with Gasteiger partial charge in [-0.05, 0) is 6.07 Å². The molecule has 0 spiro atoms. The fraction of sp³-hybridized carbons (Fsp3) is 0.500. The number of hydrogen-bond acceptors (Lipinski definition) is 3. The average Bonchev–Trinajstić information content (AvgIpc) is 2.68. The summed E-state index contributed by atoms with van der Waals surface area (Å²) in [4.78, 5) is 0. The molecule has 1 fully saturated rings. The Labute approximate surface area is 90.1 Å². The number of rotatable bonds is 2. The van der Waals surface area contributed by atoms with E-state index in [1.807, 2.05) is 18.2 Å². The fourth-order valence-corrected chi connectivity index (χ4v) is 2.14. The molecule has 82 valence electrons. The van der Waals surface area contributed by atoms with Crippen LogP contribution in [0.5, 0.6) is 5.75 Å². The van der Waals surface area contributed by atoms with Crippen LogP contribution in [-0.4, -0.2) is 18.3 Å². The normalized spacial score (nSPS) is 26.1. The summed E-state index contributed by atoms with van der Waals surface area (Å²) in [6, 6.07) is 7.35. The Balaban J connectivity index is 2.46. The van der Waals surface area contributed by atoms with E-state index in [0.29, 0.717) is 12.4 Å². The predicted octanol–water partition coefficient (Wildman–Crippen LogP) is 1.82. The van der Waals surface area contributed by atoms with Crippen molar-refractivity contribution in [2.45, 2.75) is 19.6 Å². The van der Waals surface area contributed by atoms with Gasteiger partial charge in [-0.2, -0.15) is 0 Å². The lowest BCUT2D eigenvalue weighted by Gasteiger charge is -2.33. The molecule has 0 amide bonds. The molecule has 1 unspecified atom stereocenters. The average molecular weight is 207 g/mol. The van der Waals surface area contributed by atoms with Crippen LogP contribution in [0, 0.1) is 5.92 Å². The Bertz CT molecular complexity index is 343. The summed E-state index contributed by atoms with van der Waals surface area (Å²) in [5.41, 5.74) is 0.309. The minimum atomic E-state index is -0.522. The van der Waals surface area contributed by atoms with Gasteiger partial charge in [-0.25, -0.2) is 0 Å². The van der Waals surface area contributed by atoms with Crippen molar-refractivity contribution in [1.82, 2.24) is 5.32 Å². The summed E-state index contributed by atoms with van der Waals surface area (Å²) in [5.74, 6) is 0.564. The molecule has 1 saturated heterocycles. The first-order valence-electron chi connectivity index (χ1n) is 5.34. The summed E-state index contributed by atoms with van der Waals surface area (Å²) in [6.07, 6.45) is 0. The predicted molar refractivity (Wildman–Crippen MR) is 58.6 cm³/mol. The van der Waals surface area contributed by atoms with Gasteiger partial charge in [-0.1, -0.05) is 32.0 Å². The second kappa shape index (κ2) is 3.83. The first-order chi connectivity index (χ1) is 7.17. The zero-order valence-corrected chi connectivity index (χ0v) is 9.16. The molecular weight excluding hydrogens is 190 g/mol. The summed E-state index contributed by atoms with van der Waals surface area (Å²) in [6.45, 7) is 5.69. The molecular formula is C12H17NO2. The van der Waals surface area contributed by atoms with Gasteiger partial charge in [-0.15, -0.1) is 0 Å². The molecule has 2 N–H and O–H groups in total. The lowest BCUT2D eigenvalue weighted by molar-refractivity contribution is -0.0547. The molecule has 1 aromatic carbocycles. The van der Waals surface area contributed by atoms with Crippen LogP contribution in [0.1, 0.15) is 19.4 Å².